The number of likely N-dealkylation sites (N-methyl/N-ethyl adjacent to an activating group) is 1. The first kappa shape index (κ1) is 12.5. The molecular weight excluding hydrogens is 210 g/mol. The van der Waals surface area contributed by atoms with Crippen LogP contribution in [0.5, 0.6) is 0 Å². The Labute approximate surface area is 104 Å². The van der Waals surface area contributed by atoms with Crippen molar-refractivity contribution in [2.75, 3.05) is 13.6 Å². The summed E-state index contributed by atoms with van der Waals surface area (Å²) in [6.45, 7) is 6.19. The SMILES string of the molecule is CN(Cc1ccccn1)C(C)(CN)C1(C)CC1. The molecular formula is C14H23N3. The van der Waals surface area contributed by atoms with Gasteiger partial charge in [-0.1, -0.05) is 13.0 Å². The Hall–Kier alpha value is -0.930. The van der Waals surface area contributed by atoms with Crippen molar-refractivity contribution in [2.45, 2.75) is 38.8 Å². The minimum absolute atomic E-state index is 0.0739. The maximum absolute atomic E-state index is 6.03. The second kappa shape index (κ2) is 4.39. The number of pyridine rings is 1. The lowest BCUT2D eigenvalue weighted by Crippen LogP contribution is -2.55. The Morgan fingerprint density at radius 1 is 1.47 bits per heavy atom. The number of hydrogen-bond acceptors (Lipinski definition) is 3. The van der Waals surface area contributed by atoms with Gasteiger partial charge in [0, 0.05) is 24.8 Å². The van der Waals surface area contributed by atoms with Crippen LogP contribution in [0.3, 0.4) is 0 Å². The quantitative estimate of drug-likeness (QED) is 0.846. The third-order valence-corrected chi connectivity index (χ3v) is 4.67. The molecule has 0 spiro atoms. The molecule has 2 rings (SSSR count). The summed E-state index contributed by atoms with van der Waals surface area (Å²) in [6.07, 6.45) is 4.42. The zero-order valence-corrected chi connectivity index (χ0v) is 11.1. The third-order valence-electron chi connectivity index (χ3n) is 4.67. The van der Waals surface area contributed by atoms with Gasteiger partial charge in [-0.25, -0.2) is 0 Å². The summed E-state index contributed by atoms with van der Waals surface area (Å²) in [6, 6.07) is 6.06. The monoisotopic (exact) mass is 233 g/mol. The van der Waals surface area contributed by atoms with E-state index in [4.69, 9.17) is 5.73 Å². The largest absolute Gasteiger partial charge is 0.329 e. The van der Waals surface area contributed by atoms with Crippen LogP contribution in [0, 0.1) is 5.41 Å². The smallest absolute Gasteiger partial charge is 0.0544 e. The predicted octanol–water partition coefficient (Wildman–Crippen LogP) is 2.03. The van der Waals surface area contributed by atoms with Crippen LogP contribution in [0.25, 0.3) is 0 Å². The van der Waals surface area contributed by atoms with Crippen molar-refractivity contribution in [3.05, 3.63) is 30.1 Å². The molecule has 1 aliphatic rings. The highest BCUT2D eigenvalue weighted by Crippen LogP contribution is 2.55. The van der Waals surface area contributed by atoms with E-state index in [1.807, 2.05) is 18.3 Å². The fraction of sp³-hybridized carbons (Fsp3) is 0.643. The normalized spacial score (nSPS) is 21.2. The number of hydrogen-bond donors (Lipinski definition) is 1. The van der Waals surface area contributed by atoms with Gasteiger partial charge in [0.1, 0.15) is 0 Å². The fourth-order valence-electron chi connectivity index (χ4n) is 2.50. The van der Waals surface area contributed by atoms with Gasteiger partial charge in [-0.15, -0.1) is 0 Å². The molecule has 2 N–H and O–H groups in total. The lowest BCUT2D eigenvalue weighted by atomic mass is 9.82. The van der Waals surface area contributed by atoms with Gasteiger partial charge in [-0.3, -0.25) is 9.88 Å². The van der Waals surface area contributed by atoms with Crippen LogP contribution in [0.15, 0.2) is 24.4 Å². The van der Waals surface area contributed by atoms with Crippen LogP contribution in [-0.2, 0) is 6.54 Å². The molecule has 1 aromatic heterocycles. The first-order valence-electron chi connectivity index (χ1n) is 6.33. The zero-order valence-electron chi connectivity index (χ0n) is 11.1. The lowest BCUT2D eigenvalue weighted by molar-refractivity contribution is 0.0648. The van der Waals surface area contributed by atoms with Crippen LogP contribution >= 0.6 is 0 Å². The van der Waals surface area contributed by atoms with E-state index in [0.717, 1.165) is 12.2 Å². The molecule has 1 heterocycles. The molecule has 0 amide bonds. The second-order valence-electron chi connectivity index (χ2n) is 5.72. The van der Waals surface area contributed by atoms with Crippen molar-refractivity contribution in [3.8, 4) is 0 Å². The summed E-state index contributed by atoms with van der Waals surface area (Å²) in [5.74, 6) is 0. The molecule has 0 aromatic carbocycles. The lowest BCUT2D eigenvalue weighted by Gasteiger charge is -2.43. The first-order chi connectivity index (χ1) is 8.02. The molecule has 0 aliphatic heterocycles. The van der Waals surface area contributed by atoms with Gasteiger partial charge >= 0.3 is 0 Å². The molecule has 1 atom stereocenters. The average molecular weight is 233 g/mol. The predicted molar refractivity (Wildman–Crippen MR) is 70.5 cm³/mol. The van der Waals surface area contributed by atoms with Gasteiger partial charge in [-0.05, 0) is 44.4 Å². The van der Waals surface area contributed by atoms with E-state index >= 15 is 0 Å². The molecule has 1 fully saturated rings. The molecule has 3 heteroatoms. The van der Waals surface area contributed by atoms with E-state index in [-0.39, 0.29) is 5.54 Å². The van der Waals surface area contributed by atoms with Crippen molar-refractivity contribution in [2.24, 2.45) is 11.1 Å². The molecule has 3 nitrogen and oxygen atoms in total. The molecule has 94 valence electrons. The summed E-state index contributed by atoms with van der Waals surface area (Å²) < 4.78 is 0. The number of nitrogens with zero attached hydrogens (tertiary/aromatic N) is 2. The summed E-state index contributed by atoms with van der Waals surface area (Å²) in [7, 11) is 2.16. The van der Waals surface area contributed by atoms with Gasteiger partial charge in [0.2, 0.25) is 0 Å². The summed E-state index contributed by atoms with van der Waals surface area (Å²) >= 11 is 0. The highest BCUT2D eigenvalue weighted by molar-refractivity contribution is 5.11. The van der Waals surface area contributed by atoms with Gasteiger partial charge in [0.15, 0.2) is 0 Å². The van der Waals surface area contributed by atoms with Gasteiger partial charge in [-0.2, -0.15) is 0 Å². The maximum atomic E-state index is 6.03. The maximum Gasteiger partial charge on any atom is 0.0544 e. The Morgan fingerprint density at radius 2 is 2.18 bits per heavy atom. The van der Waals surface area contributed by atoms with Crippen molar-refractivity contribution < 1.29 is 0 Å². The Morgan fingerprint density at radius 3 is 2.65 bits per heavy atom. The number of nitrogens with two attached hydrogens (primary N) is 1. The van der Waals surface area contributed by atoms with Crippen molar-refractivity contribution in [1.82, 2.24) is 9.88 Å². The number of rotatable bonds is 5. The molecule has 1 aliphatic carbocycles. The standard InChI is InChI=1S/C14H23N3/c1-13(7-8-13)14(2,11-15)17(3)10-12-6-4-5-9-16-12/h4-6,9H,7-8,10-11,15H2,1-3H3. The van der Waals surface area contributed by atoms with Crippen LogP contribution in [0.4, 0.5) is 0 Å². The first-order valence-corrected chi connectivity index (χ1v) is 6.33. The fourth-order valence-corrected chi connectivity index (χ4v) is 2.50. The summed E-state index contributed by atoms with van der Waals surface area (Å²) in [4.78, 5) is 6.75. The molecule has 0 radical (unpaired) electrons. The average Bonchev–Trinajstić information content (AvgIpc) is 3.09. The van der Waals surface area contributed by atoms with Crippen LogP contribution in [0.1, 0.15) is 32.4 Å². The zero-order chi connectivity index (χ0) is 12.5. The minimum atomic E-state index is 0.0739. The van der Waals surface area contributed by atoms with Gasteiger partial charge in [0.05, 0.1) is 5.69 Å². The Bertz CT molecular complexity index is 372. The van der Waals surface area contributed by atoms with Crippen LogP contribution in [-0.4, -0.2) is 29.0 Å². The third kappa shape index (κ3) is 2.22. The molecule has 1 saturated carbocycles. The van der Waals surface area contributed by atoms with Crippen LogP contribution in [0.2, 0.25) is 0 Å². The summed E-state index contributed by atoms with van der Waals surface area (Å²) in [5.41, 5.74) is 7.59. The topological polar surface area (TPSA) is 42.2 Å². The van der Waals surface area contributed by atoms with E-state index < -0.39 is 0 Å². The van der Waals surface area contributed by atoms with E-state index in [1.165, 1.54) is 12.8 Å². The summed E-state index contributed by atoms with van der Waals surface area (Å²) in [5, 5.41) is 0. The molecule has 0 saturated heterocycles. The van der Waals surface area contributed by atoms with E-state index in [1.54, 1.807) is 0 Å². The second-order valence-corrected chi connectivity index (χ2v) is 5.72. The molecule has 17 heavy (non-hydrogen) atoms. The van der Waals surface area contributed by atoms with Crippen LogP contribution < -0.4 is 5.73 Å². The van der Waals surface area contributed by atoms with Crippen molar-refractivity contribution in [3.63, 3.8) is 0 Å². The van der Waals surface area contributed by atoms with E-state index in [9.17, 15) is 0 Å². The minimum Gasteiger partial charge on any atom is -0.329 e. The molecule has 1 unspecified atom stereocenters. The Balaban J connectivity index is 2.11. The van der Waals surface area contributed by atoms with Gasteiger partial charge < -0.3 is 5.73 Å². The highest BCUT2D eigenvalue weighted by atomic mass is 15.2. The van der Waals surface area contributed by atoms with E-state index in [2.05, 4.69) is 36.8 Å². The van der Waals surface area contributed by atoms with Crippen molar-refractivity contribution >= 4 is 0 Å². The Kier molecular flexibility index (Phi) is 3.23. The number of aromatic nitrogens is 1. The highest BCUT2D eigenvalue weighted by Gasteiger charge is 2.54. The molecule has 0 bridgehead atoms. The van der Waals surface area contributed by atoms with Crippen molar-refractivity contribution in [1.29, 1.82) is 0 Å². The van der Waals surface area contributed by atoms with E-state index in [0.29, 0.717) is 12.0 Å². The van der Waals surface area contributed by atoms with Gasteiger partial charge in [0.25, 0.3) is 0 Å². The molecule has 1 aromatic rings.